The highest BCUT2D eigenvalue weighted by Gasteiger charge is 2.26. The van der Waals surface area contributed by atoms with Gasteiger partial charge >= 0.3 is 11.9 Å². The molecule has 0 saturated carbocycles. The van der Waals surface area contributed by atoms with E-state index in [2.05, 4.69) is 19.1 Å². The number of carboxylic acid groups (broad SMARTS) is 3. The zero-order chi connectivity index (χ0) is 28.3. The number of carboxylic acids is 3. The summed E-state index contributed by atoms with van der Waals surface area (Å²) in [6.45, 7) is 5.82. The van der Waals surface area contributed by atoms with Crippen LogP contribution in [-0.2, 0) is 14.4 Å². The molecule has 0 unspecified atom stereocenters. The lowest BCUT2D eigenvalue weighted by Crippen LogP contribution is -2.51. The molecule has 0 aliphatic carbocycles. The average Bonchev–Trinajstić information content (AvgIpc) is 2.87. The molecule has 38 heavy (non-hydrogen) atoms. The average molecular weight is 540 g/mol. The normalized spacial score (nSPS) is 11.8. The van der Waals surface area contributed by atoms with Crippen LogP contribution in [0.1, 0.15) is 142 Å². The van der Waals surface area contributed by atoms with Crippen molar-refractivity contribution in [3.63, 3.8) is 0 Å². The van der Waals surface area contributed by atoms with E-state index in [1.54, 1.807) is 0 Å². The Hall–Kier alpha value is -1.89. The standard InChI is InChI=1S/C31H57NO6/c1-2-3-4-5-6-7-8-9-10-11-12-13-14-18-25-32(26-19-15-22-29(33)34,27-20-16-23-30(35)36)28-21-17-24-31(37)38/h9-10H,2-8,11-28H2,1H3,(H2-,33,34,35,36,37,38)/b10-9+. The third-order valence-corrected chi connectivity index (χ3v) is 7.45. The molecule has 0 rings (SSSR count). The molecule has 0 aliphatic rings. The number of quaternary nitrogens is 1. The minimum absolute atomic E-state index is 0.0599. The molecule has 0 aromatic heterocycles. The first-order valence-corrected chi connectivity index (χ1v) is 15.4. The van der Waals surface area contributed by atoms with Crippen molar-refractivity contribution in [3.05, 3.63) is 12.2 Å². The Bertz CT molecular complexity index is 579. The number of rotatable bonds is 29. The Kier molecular flexibility index (Phi) is 24.1. The monoisotopic (exact) mass is 539 g/mol. The summed E-state index contributed by atoms with van der Waals surface area (Å²) in [4.78, 5) is 32.8. The third kappa shape index (κ3) is 24.4. The second kappa shape index (κ2) is 25.4. The van der Waals surface area contributed by atoms with Crippen molar-refractivity contribution < 1.29 is 34.2 Å². The van der Waals surface area contributed by atoms with Gasteiger partial charge < -0.3 is 24.6 Å². The maximum absolute atomic E-state index is 11.0. The quantitative estimate of drug-likeness (QED) is 0.0638. The van der Waals surface area contributed by atoms with E-state index in [9.17, 15) is 19.5 Å². The Morgan fingerprint density at radius 3 is 1.34 bits per heavy atom. The van der Waals surface area contributed by atoms with Crippen molar-refractivity contribution in [2.45, 2.75) is 142 Å². The van der Waals surface area contributed by atoms with Crippen LogP contribution >= 0.6 is 0 Å². The fourth-order valence-electron chi connectivity index (χ4n) is 5.18. The lowest BCUT2D eigenvalue weighted by Gasteiger charge is -2.39. The third-order valence-electron chi connectivity index (χ3n) is 7.45. The molecule has 0 heterocycles. The second-order valence-electron chi connectivity index (χ2n) is 11.0. The first-order valence-electron chi connectivity index (χ1n) is 15.4. The van der Waals surface area contributed by atoms with E-state index >= 15 is 0 Å². The molecule has 0 atom stereocenters. The second-order valence-corrected chi connectivity index (χ2v) is 11.0. The number of nitrogens with zero attached hydrogens (tertiary/aromatic N) is 1. The Labute approximate surface area is 232 Å². The van der Waals surface area contributed by atoms with Gasteiger partial charge in [-0.15, -0.1) is 0 Å². The van der Waals surface area contributed by atoms with Gasteiger partial charge in [0, 0.05) is 18.8 Å². The maximum Gasteiger partial charge on any atom is 0.303 e. The highest BCUT2D eigenvalue weighted by Crippen LogP contribution is 2.19. The van der Waals surface area contributed by atoms with E-state index in [4.69, 9.17) is 10.2 Å². The van der Waals surface area contributed by atoms with E-state index < -0.39 is 17.9 Å². The lowest BCUT2D eigenvalue weighted by atomic mass is 10.1. The summed E-state index contributed by atoms with van der Waals surface area (Å²) in [6, 6.07) is 0. The number of hydrogen-bond donors (Lipinski definition) is 2. The van der Waals surface area contributed by atoms with Crippen LogP contribution in [0.25, 0.3) is 0 Å². The highest BCUT2D eigenvalue weighted by molar-refractivity contribution is 5.66. The van der Waals surface area contributed by atoms with Crippen LogP contribution < -0.4 is 5.11 Å². The number of carbonyl (C=O) groups is 3. The molecule has 2 N–H and O–H groups in total. The number of hydrogen-bond acceptors (Lipinski definition) is 4. The van der Waals surface area contributed by atoms with Gasteiger partial charge in [-0.1, -0.05) is 57.6 Å². The molecule has 7 heteroatoms. The van der Waals surface area contributed by atoms with Gasteiger partial charge in [0.1, 0.15) is 0 Å². The molecule has 222 valence electrons. The molecular formula is C31H57NO6. The smallest absolute Gasteiger partial charge is 0.303 e. The SMILES string of the molecule is CCCCCCCC/C=C/CCCCCC[N+](CCCCC(=O)[O-])(CCCCC(=O)O)CCCCC(=O)O. The Morgan fingerprint density at radius 1 is 0.553 bits per heavy atom. The van der Waals surface area contributed by atoms with Crippen LogP contribution in [0.5, 0.6) is 0 Å². The van der Waals surface area contributed by atoms with Gasteiger partial charge in [0.2, 0.25) is 0 Å². The topological polar surface area (TPSA) is 115 Å². The zero-order valence-corrected chi connectivity index (χ0v) is 24.3. The first-order chi connectivity index (χ1) is 18.3. The number of unbranched alkanes of at least 4 members (excludes halogenated alkanes) is 13. The summed E-state index contributed by atoms with van der Waals surface area (Å²) in [5.74, 6) is -2.58. The maximum atomic E-state index is 11.0. The molecule has 0 aromatic rings. The van der Waals surface area contributed by atoms with Crippen LogP contribution in [-0.4, -0.2) is 58.8 Å². The summed E-state index contributed by atoms with van der Waals surface area (Å²) in [7, 11) is 0. The van der Waals surface area contributed by atoms with Crippen LogP contribution in [0.3, 0.4) is 0 Å². The Morgan fingerprint density at radius 2 is 0.921 bits per heavy atom. The van der Waals surface area contributed by atoms with Crippen LogP contribution in [0.2, 0.25) is 0 Å². The molecule has 0 fully saturated rings. The van der Waals surface area contributed by atoms with Crippen molar-refractivity contribution in [2.24, 2.45) is 0 Å². The van der Waals surface area contributed by atoms with Crippen molar-refractivity contribution in [1.29, 1.82) is 0 Å². The first kappa shape index (κ1) is 36.1. The van der Waals surface area contributed by atoms with Crippen molar-refractivity contribution in [2.75, 3.05) is 26.2 Å². The predicted molar refractivity (Wildman–Crippen MR) is 152 cm³/mol. The lowest BCUT2D eigenvalue weighted by molar-refractivity contribution is -0.929. The van der Waals surface area contributed by atoms with Crippen molar-refractivity contribution >= 4 is 17.9 Å². The van der Waals surface area contributed by atoms with Crippen molar-refractivity contribution in [3.8, 4) is 0 Å². The molecular weight excluding hydrogens is 482 g/mol. The Balaban J connectivity index is 4.59. The van der Waals surface area contributed by atoms with E-state index in [1.807, 2.05) is 0 Å². The van der Waals surface area contributed by atoms with E-state index in [1.165, 1.54) is 57.8 Å². The van der Waals surface area contributed by atoms with Gasteiger partial charge in [0.15, 0.2) is 0 Å². The van der Waals surface area contributed by atoms with Gasteiger partial charge in [0.05, 0.1) is 26.2 Å². The number of allylic oxidation sites excluding steroid dienone is 2. The summed E-state index contributed by atoms with van der Waals surface area (Å²) >= 11 is 0. The van der Waals surface area contributed by atoms with Crippen LogP contribution in [0.15, 0.2) is 12.2 Å². The van der Waals surface area contributed by atoms with Gasteiger partial charge in [-0.05, 0) is 83.5 Å². The van der Waals surface area contributed by atoms with Gasteiger partial charge in [0.25, 0.3) is 0 Å². The summed E-state index contributed by atoms with van der Waals surface area (Å²) in [6.07, 6.45) is 24.2. The molecule has 0 spiro atoms. The van der Waals surface area contributed by atoms with Crippen LogP contribution in [0, 0.1) is 0 Å². The molecule has 0 saturated heterocycles. The minimum Gasteiger partial charge on any atom is -0.550 e. The fraction of sp³-hybridized carbons (Fsp3) is 0.839. The van der Waals surface area contributed by atoms with Crippen molar-refractivity contribution in [1.82, 2.24) is 0 Å². The van der Waals surface area contributed by atoms with E-state index in [-0.39, 0.29) is 19.3 Å². The molecule has 0 aromatic carbocycles. The molecule has 0 aliphatic heterocycles. The van der Waals surface area contributed by atoms with Gasteiger partial charge in [-0.2, -0.15) is 0 Å². The predicted octanol–water partition coefficient (Wildman–Crippen LogP) is 6.49. The zero-order valence-electron chi connectivity index (χ0n) is 24.3. The molecule has 0 bridgehead atoms. The summed E-state index contributed by atoms with van der Waals surface area (Å²) < 4.78 is 0.838. The summed E-state index contributed by atoms with van der Waals surface area (Å²) in [5, 5.41) is 28.9. The van der Waals surface area contributed by atoms with Gasteiger partial charge in [-0.3, -0.25) is 9.59 Å². The fourth-order valence-corrected chi connectivity index (χ4v) is 5.18. The molecule has 0 amide bonds. The summed E-state index contributed by atoms with van der Waals surface area (Å²) in [5.41, 5.74) is 0. The van der Waals surface area contributed by atoms with E-state index in [0.29, 0.717) is 19.3 Å². The largest absolute Gasteiger partial charge is 0.550 e. The van der Waals surface area contributed by atoms with E-state index in [0.717, 1.165) is 69.2 Å². The molecule has 0 radical (unpaired) electrons. The molecule has 7 nitrogen and oxygen atoms in total. The highest BCUT2D eigenvalue weighted by atomic mass is 16.4. The number of carbonyl (C=O) groups excluding carboxylic acids is 1. The van der Waals surface area contributed by atoms with Crippen LogP contribution in [0.4, 0.5) is 0 Å². The van der Waals surface area contributed by atoms with Gasteiger partial charge in [-0.25, -0.2) is 0 Å². The number of aliphatic carboxylic acids is 3. The minimum atomic E-state index is -1.02.